The largest absolute Gasteiger partial charge is 0.347 e. The van der Waals surface area contributed by atoms with Crippen molar-refractivity contribution in [3.63, 3.8) is 0 Å². The molecule has 0 unspecified atom stereocenters. The fourth-order valence-electron chi connectivity index (χ4n) is 1.62. The summed E-state index contributed by atoms with van der Waals surface area (Å²) < 4.78 is 39.2. The van der Waals surface area contributed by atoms with E-state index >= 15 is 0 Å². The van der Waals surface area contributed by atoms with Crippen molar-refractivity contribution in [3.05, 3.63) is 48.0 Å². The van der Waals surface area contributed by atoms with Crippen LogP contribution in [0.25, 0.3) is 0 Å². The van der Waals surface area contributed by atoms with Gasteiger partial charge in [0, 0.05) is 14.1 Å². The minimum Gasteiger partial charge on any atom is -0.347 e. The molecule has 8 heteroatoms. The molecule has 1 aromatic heterocycles. The van der Waals surface area contributed by atoms with Crippen LogP contribution in [0.4, 0.5) is 16.0 Å². The summed E-state index contributed by atoms with van der Waals surface area (Å²) in [5.74, 6) is -0.170. The van der Waals surface area contributed by atoms with Crippen molar-refractivity contribution < 1.29 is 12.8 Å². The number of halogens is 1. The standard InChI is InChI=1S/C13H15FN4O2S/c1-18(2)13-15-7-12(8-16-13)17-21(19,20)9-10-3-5-11(14)6-4-10/h3-8,17H,9H2,1-2H3. The molecule has 2 rings (SSSR count). The maximum Gasteiger partial charge on any atom is 0.237 e. The highest BCUT2D eigenvalue weighted by Crippen LogP contribution is 2.13. The lowest BCUT2D eigenvalue weighted by molar-refractivity contribution is 0.600. The van der Waals surface area contributed by atoms with Gasteiger partial charge in [0.1, 0.15) is 5.82 Å². The van der Waals surface area contributed by atoms with E-state index in [2.05, 4.69) is 14.7 Å². The quantitative estimate of drug-likeness (QED) is 0.908. The van der Waals surface area contributed by atoms with Crippen LogP contribution in [0.15, 0.2) is 36.7 Å². The number of sulfonamides is 1. The van der Waals surface area contributed by atoms with E-state index in [1.54, 1.807) is 19.0 Å². The van der Waals surface area contributed by atoms with Gasteiger partial charge in [0.15, 0.2) is 0 Å². The van der Waals surface area contributed by atoms with Gasteiger partial charge in [0.2, 0.25) is 16.0 Å². The second kappa shape index (κ2) is 6.04. The Morgan fingerprint density at radius 3 is 2.24 bits per heavy atom. The van der Waals surface area contributed by atoms with Gasteiger partial charge >= 0.3 is 0 Å². The van der Waals surface area contributed by atoms with E-state index < -0.39 is 15.8 Å². The molecule has 0 radical (unpaired) electrons. The third-order valence-electron chi connectivity index (χ3n) is 2.58. The molecule has 21 heavy (non-hydrogen) atoms. The fourth-order valence-corrected chi connectivity index (χ4v) is 2.79. The van der Waals surface area contributed by atoms with Crippen molar-refractivity contribution in [2.75, 3.05) is 23.7 Å². The van der Waals surface area contributed by atoms with Gasteiger partial charge in [-0.3, -0.25) is 4.72 Å². The topological polar surface area (TPSA) is 75.2 Å². The molecule has 0 aliphatic carbocycles. The fraction of sp³-hybridized carbons (Fsp3) is 0.231. The number of aromatic nitrogens is 2. The molecule has 0 atom stereocenters. The lowest BCUT2D eigenvalue weighted by Gasteiger charge is -2.11. The predicted octanol–water partition coefficient (Wildman–Crippen LogP) is 1.62. The summed E-state index contributed by atoms with van der Waals surface area (Å²) in [4.78, 5) is 9.74. The molecule has 1 heterocycles. The molecule has 0 spiro atoms. The molecule has 0 aliphatic rings. The molecule has 0 saturated carbocycles. The second-order valence-corrected chi connectivity index (χ2v) is 6.38. The van der Waals surface area contributed by atoms with Crippen molar-refractivity contribution in [1.82, 2.24) is 9.97 Å². The van der Waals surface area contributed by atoms with E-state index in [4.69, 9.17) is 0 Å². The van der Waals surface area contributed by atoms with E-state index in [9.17, 15) is 12.8 Å². The minimum atomic E-state index is -3.60. The molecule has 112 valence electrons. The molecule has 1 aromatic carbocycles. The molecular formula is C13H15FN4O2S. The summed E-state index contributed by atoms with van der Waals surface area (Å²) in [5, 5.41) is 0. The zero-order chi connectivity index (χ0) is 15.5. The van der Waals surface area contributed by atoms with Crippen LogP contribution in [0, 0.1) is 5.82 Å². The first-order chi connectivity index (χ1) is 9.85. The summed E-state index contributed by atoms with van der Waals surface area (Å²) in [5.41, 5.74) is 0.775. The smallest absolute Gasteiger partial charge is 0.237 e. The molecule has 0 amide bonds. The number of rotatable bonds is 5. The second-order valence-electron chi connectivity index (χ2n) is 4.65. The number of nitrogens with one attached hydrogen (secondary N) is 1. The van der Waals surface area contributed by atoms with Crippen LogP contribution < -0.4 is 9.62 Å². The Labute approximate surface area is 122 Å². The first-order valence-corrected chi connectivity index (χ1v) is 7.75. The summed E-state index contributed by atoms with van der Waals surface area (Å²) in [6.07, 6.45) is 2.79. The van der Waals surface area contributed by atoms with Crippen LogP contribution in [0.3, 0.4) is 0 Å². The highest BCUT2D eigenvalue weighted by Gasteiger charge is 2.12. The summed E-state index contributed by atoms with van der Waals surface area (Å²) in [7, 11) is -0.0288. The van der Waals surface area contributed by atoms with Crippen LogP contribution in [-0.4, -0.2) is 32.5 Å². The van der Waals surface area contributed by atoms with Crippen molar-refractivity contribution >= 4 is 21.7 Å². The molecule has 0 fully saturated rings. The van der Waals surface area contributed by atoms with E-state index in [0.717, 1.165) is 0 Å². The Morgan fingerprint density at radius 2 is 1.71 bits per heavy atom. The van der Waals surface area contributed by atoms with Gasteiger partial charge in [-0.25, -0.2) is 22.8 Å². The third kappa shape index (κ3) is 4.38. The number of anilines is 2. The molecule has 0 aliphatic heterocycles. The summed E-state index contributed by atoms with van der Waals surface area (Å²) in [6, 6.07) is 5.31. The van der Waals surface area contributed by atoms with Crippen LogP contribution in [0.5, 0.6) is 0 Å². The first-order valence-electron chi connectivity index (χ1n) is 6.10. The summed E-state index contributed by atoms with van der Waals surface area (Å²) in [6.45, 7) is 0. The van der Waals surface area contributed by atoms with Crippen molar-refractivity contribution in [1.29, 1.82) is 0 Å². The van der Waals surface area contributed by atoms with E-state index in [0.29, 0.717) is 11.5 Å². The molecular weight excluding hydrogens is 295 g/mol. The Hall–Kier alpha value is -2.22. The van der Waals surface area contributed by atoms with Crippen molar-refractivity contribution in [3.8, 4) is 0 Å². The molecule has 1 N–H and O–H groups in total. The SMILES string of the molecule is CN(C)c1ncc(NS(=O)(=O)Cc2ccc(F)cc2)cn1. The average Bonchev–Trinajstić information content (AvgIpc) is 2.41. The van der Waals surface area contributed by atoms with Crippen LogP contribution in [-0.2, 0) is 15.8 Å². The summed E-state index contributed by atoms with van der Waals surface area (Å²) >= 11 is 0. The van der Waals surface area contributed by atoms with Crippen LogP contribution >= 0.6 is 0 Å². The molecule has 6 nitrogen and oxygen atoms in total. The van der Waals surface area contributed by atoms with Gasteiger partial charge in [-0.1, -0.05) is 12.1 Å². The zero-order valence-corrected chi connectivity index (χ0v) is 12.4. The average molecular weight is 310 g/mol. The number of hydrogen-bond acceptors (Lipinski definition) is 5. The van der Waals surface area contributed by atoms with Crippen LogP contribution in [0.1, 0.15) is 5.56 Å². The van der Waals surface area contributed by atoms with Gasteiger partial charge in [-0.2, -0.15) is 0 Å². The first kappa shape index (κ1) is 15.2. The van der Waals surface area contributed by atoms with E-state index in [1.165, 1.54) is 36.7 Å². The number of nitrogens with zero attached hydrogens (tertiary/aromatic N) is 3. The Morgan fingerprint density at radius 1 is 1.14 bits per heavy atom. The van der Waals surface area contributed by atoms with E-state index in [-0.39, 0.29) is 11.4 Å². The highest BCUT2D eigenvalue weighted by atomic mass is 32.2. The number of hydrogen-bond donors (Lipinski definition) is 1. The van der Waals surface area contributed by atoms with Gasteiger partial charge < -0.3 is 4.90 Å². The van der Waals surface area contributed by atoms with Gasteiger partial charge in [-0.15, -0.1) is 0 Å². The van der Waals surface area contributed by atoms with E-state index in [1.807, 2.05) is 0 Å². The Balaban J connectivity index is 2.08. The maximum absolute atomic E-state index is 12.8. The monoisotopic (exact) mass is 310 g/mol. The lowest BCUT2D eigenvalue weighted by Crippen LogP contribution is -2.17. The van der Waals surface area contributed by atoms with Gasteiger partial charge in [0.25, 0.3) is 0 Å². The molecule has 2 aromatic rings. The Kier molecular flexibility index (Phi) is 4.37. The van der Waals surface area contributed by atoms with Crippen molar-refractivity contribution in [2.24, 2.45) is 0 Å². The number of benzene rings is 1. The maximum atomic E-state index is 12.8. The van der Waals surface area contributed by atoms with Gasteiger partial charge in [-0.05, 0) is 17.7 Å². The normalized spacial score (nSPS) is 11.2. The predicted molar refractivity (Wildman–Crippen MR) is 79.0 cm³/mol. The zero-order valence-electron chi connectivity index (χ0n) is 11.6. The Bertz CT molecular complexity index is 700. The van der Waals surface area contributed by atoms with Crippen LogP contribution in [0.2, 0.25) is 0 Å². The van der Waals surface area contributed by atoms with Crippen molar-refractivity contribution in [2.45, 2.75) is 5.75 Å². The third-order valence-corrected chi connectivity index (χ3v) is 3.84. The van der Waals surface area contributed by atoms with Gasteiger partial charge in [0.05, 0.1) is 23.8 Å². The highest BCUT2D eigenvalue weighted by molar-refractivity contribution is 7.91. The lowest BCUT2D eigenvalue weighted by atomic mass is 10.2. The minimum absolute atomic E-state index is 0.247. The molecule has 0 saturated heterocycles. The molecule has 0 bridgehead atoms.